The number of benzene rings is 2. The Hall–Kier alpha value is -2.99. The number of aromatic nitrogens is 1. The standard InChI is InChI=1S/C23H24FN3O2/c1-2-16-3-5-17(6-4-16)21-14-25-11-12-27(21)22(28)13-20-15-29-23(26-20)18-7-9-19(24)10-8-18/h3-10,15,21,25H,2,11-14H2,1H3. The Labute approximate surface area is 169 Å². The second kappa shape index (κ2) is 8.57. The highest BCUT2D eigenvalue weighted by atomic mass is 19.1. The Balaban J connectivity index is 1.48. The number of halogens is 1. The van der Waals surface area contributed by atoms with Crippen LogP contribution in [0, 0.1) is 5.82 Å². The number of nitrogens with zero attached hydrogens (tertiary/aromatic N) is 2. The molecule has 0 aliphatic carbocycles. The minimum atomic E-state index is -0.313. The Kier molecular flexibility index (Phi) is 5.71. The van der Waals surface area contributed by atoms with Crippen molar-refractivity contribution in [2.45, 2.75) is 25.8 Å². The van der Waals surface area contributed by atoms with Crippen molar-refractivity contribution in [1.82, 2.24) is 15.2 Å². The average molecular weight is 393 g/mol. The van der Waals surface area contributed by atoms with E-state index in [0.717, 1.165) is 25.1 Å². The maximum Gasteiger partial charge on any atom is 0.229 e. The molecule has 29 heavy (non-hydrogen) atoms. The second-order valence-electron chi connectivity index (χ2n) is 7.23. The monoisotopic (exact) mass is 393 g/mol. The summed E-state index contributed by atoms with van der Waals surface area (Å²) in [7, 11) is 0. The number of nitrogens with one attached hydrogen (secondary N) is 1. The molecule has 1 N–H and O–H groups in total. The zero-order valence-electron chi connectivity index (χ0n) is 16.4. The molecule has 1 unspecified atom stereocenters. The van der Waals surface area contributed by atoms with Gasteiger partial charge in [-0.2, -0.15) is 0 Å². The average Bonchev–Trinajstić information content (AvgIpc) is 3.22. The van der Waals surface area contributed by atoms with Crippen LogP contribution in [0.5, 0.6) is 0 Å². The molecule has 0 bridgehead atoms. The first-order valence-electron chi connectivity index (χ1n) is 9.93. The molecular weight excluding hydrogens is 369 g/mol. The molecular formula is C23H24FN3O2. The van der Waals surface area contributed by atoms with Gasteiger partial charge in [-0.05, 0) is 41.8 Å². The van der Waals surface area contributed by atoms with Gasteiger partial charge in [-0.25, -0.2) is 9.37 Å². The highest BCUT2D eigenvalue weighted by Crippen LogP contribution is 2.25. The van der Waals surface area contributed by atoms with E-state index in [0.29, 0.717) is 23.7 Å². The van der Waals surface area contributed by atoms with E-state index < -0.39 is 0 Å². The van der Waals surface area contributed by atoms with Crippen molar-refractivity contribution in [3.05, 3.63) is 77.4 Å². The van der Waals surface area contributed by atoms with Gasteiger partial charge in [0.05, 0.1) is 18.2 Å². The fourth-order valence-corrected chi connectivity index (χ4v) is 3.65. The SMILES string of the molecule is CCc1ccc(C2CNCCN2C(=O)Cc2coc(-c3ccc(F)cc3)n2)cc1. The summed E-state index contributed by atoms with van der Waals surface area (Å²) in [6, 6.07) is 14.4. The maximum atomic E-state index is 13.1. The Morgan fingerprint density at radius 2 is 1.97 bits per heavy atom. The molecule has 1 atom stereocenters. The molecule has 1 amide bonds. The highest BCUT2D eigenvalue weighted by Gasteiger charge is 2.28. The van der Waals surface area contributed by atoms with Crippen molar-refractivity contribution in [3.8, 4) is 11.5 Å². The van der Waals surface area contributed by atoms with Crippen LogP contribution in [0.25, 0.3) is 11.5 Å². The molecule has 1 aliphatic rings. The van der Waals surface area contributed by atoms with Gasteiger partial charge in [0.1, 0.15) is 12.1 Å². The van der Waals surface area contributed by atoms with Crippen LogP contribution in [0.1, 0.15) is 29.8 Å². The lowest BCUT2D eigenvalue weighted by Crippen LogP contribution is -2.49. The van der Waals surface area contributed by atoms with Gasteiger partial charge in [-0.15, -0.1) is 0 Å². The third-order valence-electron chi connectivity index (χ3n) is 5.31. The van der Waals surface area contributed by atoms with Crippen molar-refractivity contribution in [2.24, 2.45) is 0 Å². The Morgan fingerprint density at radius 1 is 1.21 bits per heavy atom. The maximum absolute atomic E-state index is 13.1. The van der Waals surface area contributed by atoms with Gasteiger partial charge in [0.25, 0.3) is 0 Å². The number of piperazine rings is 1. The molecule has 0 spiro atoms. The van der Waals surface area contributed by atoms with E-state index in [1.165, 1.54) is 24.0 Å². The van der Waals surface area contributed by atoms with Crippen molar-refractivity contribution < 1.29 is 13.6 Å². The van der Waals surface area contributed by atoms with E-state index in [4.69, 9.17) is 4.42 Å². The number of carbonyl (C=O) groups is 1. The summed E-state index contributed by atoms with van der Waals surface area (Å²) in [5.41, 5.74) is 3.68. The Bertz CT molecular complexity index is 967. The summed E-state index contributed by atoms with van der Waals surface area (Å²) in [6.45, 7) is 4.29. The predicted molar refractivity (Wildman–Crippen MR) is 109 cm³/mol. The predicted octanol–water partition coefficient (Wildman–Crippen LogP) is 3.76. The quantitative estimate of drug-likeness (QED) is 0.717. The van der Waals surface area contributed by atoms with E-state index in [1.54, 1.807) is 12.1 Å². The van der Waals surface area contributed by atoms with Crippen LogP contribution in [0.2, 0.25) is 0 Å². The first-order chi connectivity index (χ1) is 14.1. The molecule has 2 aromatic carbocycles. The molecule has 0 radical (unpaired) electrons. The number of oxazole rings is 1. The lowest BCUT2D eigenvalue weighted by Gasteiger charge is -2.36. The lowest BCUT2D eigenvalue weighted by atomic mass is 10.0. The van der Waals surface area contributed by atoms with Crippen LogP contribution in [0.3, 0.4) is 0 Å². The summed E-state index contributed by atoms with van der Waals surface area (Å²) < 4.78 is 18.6. The van der Waals surface area contributed by atoms with Crippen molar-refractivity contribution >= 4 is 5.91 Å². The highest BCUT2D eigenvalue weighted by molar-refractivity contribution is 5.79. The lowest BCUT2D eigenvalue weighted by molar-refractivity contribution is -0.133. The van der Waals surface area contributed by atoms with E-state index in [-0.39, 0.29) is 24.2 Å². The van der Waals surface area contributed by atoms with Gasteiger partial charge in [-0.3, -0.25) is 4.79 Å². The molecule has 1 aliphatic heterocycles. The van der Waals surface area contributed by atoms with Gasteiger partial charge >= 0.3 is 0 Å². The fourth-order valence-electron chi connectivity index (χ4n) is 3.65. The number of hydrogen-bond acceptors (Lipinski definition) is 4. The van der Waals surface area contributed by atoms with Crippen LogP contribution < -0.4 is 5.32 Å². The third kappa shape index (κ3) is 4.38. The first kappa shape index (κ1) is 19.3. The molecule has 2 heterocycles. The largest absolute Gasteiger partial charge is 0.444 e. The minimum Gasteiger partial charge on any atom is -0.444 e. The van der Waals surface area contributed by atoms with Crippen LogP contribution in [0.15, 0.2) is 59.2 Å². The van der Waals surface area contributed by atoms with Crippen LogP contribution in [0.4, 0.5) is 4.39 Å². The number of aryl methyl sites for hydroxylation is 1. The van der Waals surface area contributed by atoms with E-state index in [1.807, 2.05) is 4.90 Å². The molecule has 3 aromatic rings. The summed E-state index contributed by atoms with van der Waals surface area (Å²) in [6.07, 6.45) is 2.67. The number of rotatable bonds is 5. The van der Waals surface area contributed by atoms with Crippen LogP contribution in [-0.4, -0.2) is 35.4 Å². The zero-order valence-corrected chi connectivity index (χ0v) is 16.4. The van der Waals surface area contributed by atoms with Crippen molar-refractivity contribution in [3.63, 3.8) is 0 Å². The second-order valence-corrected chi connectivity index (χ2v) is 7.23. The first-order valence-corrected chi connectivity index (χ1v) is 9.93. The van der Waals surface area contributed by atoms with Gasteiger partial charge in [0, 0.05) is 25.2 Å². The van der Waals surface area contributed by atoms with Gasteiger partial charge in [0.15, 0.2) is 0 Å². The molecule has 1 aromatic heterocycles. The minimum absolute atomic E-state index is 0.00521. The third-order valence-corrected chi connectivity index (χ3v) is 5.31. The molecule has 4 rings (SSSR count). The summed E-state index contributed by atoms with van der Waals surface area (Å²) in [5, 5.41) is 3.38. The molecule has 0 saturated carbocycles. The van der Waals surface area contributed by atoms with Crippen molar-refractivity contribution in [1.29, 1.82) is 0 Å². The summed E-state index contributed by atoms with van der Waals surface area (Å²) in [4.78, 5) is 19.4. The number of hydrogen-bond donors (Lipinski definition) is 1. The molecule has 1 saturated heterocycles. The van der Waals surface area contributed by atoms with Gasteiger partial charge < -0.3 is 14.6 Å². The van der Waals surface area contributed by atoms with E-state index in [9.17, 15) is 9.18 Å². The molecule has 1 fully saturated rings. The van der Waals surface area contributed by atoms with Crippen molar-refractivity contribution in [2.75, 3.05) is 19.6 Å². The zero-order chi connectivity index (χ0) is 20.2. The normalized spacial score (nSPS) is 16.8. The van der Waals surface area contributed by atoms with Crippen LogP contribution in [-0.2, 0) is 17.6 Å². The number of carbonyl (C=O) groups excluding carboxylic acids is 1. The molecule has 6 heteroatoms. The smallest absolute Gasteiger partial charge is 0.229 e. The van der Waals surface area contributed by atoms with Gasteiger partial charge in [-0.1, -0.05) is 31.2 Å². The van der Waals surface area contributed by atoms with Gasteiger partial charge in [0.2, 0.25) is 11.8 Å². The summed E-state index contributed by atoms with van der Waals surface area (Å²) in [5.74, 6) is 0.0993. The number of amides is 1. The van der Waals surface area contributed by atoms with E-state index >= 15 is 0 Å². The summed E-state index contributed by atoms with van der Waals surface area (Å²) >= 11 is 0. The molecule has 150 valence electrons. The van der Waals surface area contributed by atoms with Crippen LogP contribution >= 0.6 is 0 Å². The van der Waals surface area contributed by atoms with E-state index in [2.05, 4.69) is 41.5 Å². The fraction of sp³-hybridized carbons (Fsp3) is 0.304. The molecule has 5 nitrogen and oxygen atoms in total. The topological polar surface area (TPSA) is 58.4 Å². The Morgan fingerprint density at radius 3 is 2.69 bits per heavy atom.